The molecule has 2 rings (SSSR count). The van der Waals surface area contributed by atoms with Crippen LogP contribution in [0.2, 0.25) is 0 Å². The number of rotatable bonds is 6. The molecule has 8 nitrogen and oxygen atoms in total. The lowest BCUT2D eigenvalue weighted by Gasteiger charge is -2.05. The van der Waals surface area contributed by atoms with Crippen molar-refractivity contribution in [2.24, 2.45) is 11.5 Å². The van der Waals surface area contributed by atoms with Gasteiger partial charge in [0.1, 0.15) is 17.8 Å². The lowest BCUT2D eigenvalue weighted by Crippen LogP contribution is -2.32. The number of phenolic OH excluding ortho intramolecular Hbond substituents is 1. The van der Waals surface area contributed by atoms with Crippen LogP contribution in [0, 0.1) is 0 Å². The van der Waals surface area contributed by atoms with Crippen LogP contribution < -0.4 is 11.5 Å². The molecule has 2 radical (unpaired) electrons. The summed E-state index contributed by atoms with van der Waals surface area (Å²) in [5, 5.41) is 32.5. The Morgan fingerprint density at radius 3 is 1.47 bits per heavy atom. The minimum absolute atomic E-state index is 0.160. The van der Waals surface area contributed by atoms with E-state index in [0.717, 1.165) is 11.1 Å². The molecule has 0 aromatic heterocycles. The zero-order valence-electron chi connectivity index (χ0n) is 17.3. The monoisotopic (exact) mass is 418 g/mol. The highest BCUT2D eigenvalue weighted by Gasteiger charge is 2.12. The first-order valence-corrected chi connectivity index (χ1v) is 9.25. The maximum atomic E-state index is 10.4. The minimum atomic E-state index is -1.02. The summed E-state index contributed by atoms with van der Waals surface area (Å²) >= 11 is 0. The minimum Gasteiger partial charge on any atom is -0.508 e. The van der Waals surface area contributed by atoms with Gasteiger partial charge in [0, 0.05) is 0 Å². The van der Waals surface area contributed by atoms with Crippen molar-refractivity contribution in [2.45, 2.75) is 45.2 Å². The summed E-state index contributed by atoms with van der Waals surface area (Å²) in [6, 6.07) is 14.0. The Kier molecular flexibility index (Phi) is 17.8. The molecule has 0 amide bonds. The van der Waals surface area contributed by atoms with Crippen molar-refractivity contribution in [3.8, 4) is 5.75 Å². The quantitative estimate of drug-likeness (QED) is 0.384. The summed E-state index contributed by atoms with van der Waals surface area (Å²) in [6.07, 6.45) is 1.91. The SMILES string of the molecule is CCC.N[C@@H](Cc1ccc(O)cc1)C(=O)O.N[C@@H](Cc1ccccc1)C(=O)O.[B]O. The normalized spacial score (nSPS) is 11.1. The number of carboxylic acids is 2. The van der Waals surface area contributed by atoms with Gasteiger partial charge in [-0.05, 0) is 36.1 Å². The van der Waals surface area contributed by atoms with E-state index in [9.17, 15) is 9.59 Å². The second-order valence-corrected chi connectivity index (χ2v) is 6.16. The number of benzene rings is 2. The standard InChI is InChI=1S/C9H11NO3.C9H11NO2.C3H8.BHO/c10-8(9(12)13)5-6-1-3-7(11)4-2-6;10-8(9(11)12)6-7-4-2-1-3-5-7;1-3-2;1-2/h1-4,8,11H,5,10H2,(H,12,13);1-5,8H,6,10H2,(H,11,12);3H2,1-2H3;2H/t2*8-;;/m00../s1. The Morgan fingerprint density at radius 1 is 0.800 bits per heavy atom. The second kappa shape index (κ2) is 18.2. The molecule has 8 N–H and O–H groups in total. The first kappa shape index (κ1) is 29.3. The molecule has 0 aliphatic heterocycles. The molecular formula is C21H31BN2O6. The van der Waals surface area contributed by atoms with Gasteiger partial charge in [-0.2, -0.15) is 0 Å². The first-order chi connectivity index (χ1) is 14.2. The third kappa shape index (κ3) is 15.1. The number of hydrogen-bond donors (Lipinski definition) is 6. The maximum Gasteiger partial charge on any atom is 0.320 e. The number of hydrogen-bond acceptors (Lipinski definition) is 6. The van der Waals surface area contributed by atoms with Crippen molar-refractivity contribution < 1.29 is 29.9 Å². The zero-order chi connectivity index (χ0) is 23.5. The zero-order valence-corrected chi connectivity index (χ0v) is 17.3. The van der Waals surface area contributed by atoms with Gasteiger partial charge in [0.2, 0.25) is 0 Å². The van der Waals surface area contributed by atoms with E-state index in [1.807, 2.05) is 30.3 Å². The van der Waals surface area contributed by atoms with Gasteiger partial charge in [-0.15, -0.1) is 0 Å². The van der Waals surface area contributed by atoms with Gasteiger partial charge in [0.05, 0.1) is 0 Å². The Morgan fingerprint density at radius 2 is 1.13 bits per heavy atom. The van der Waals surface area contributed by atoms with Crippen molar-refractivity contribution in [2.75, 3.05) is 0 Å². The van der Waals surface area contributed by atoms with Crippen LogP contribution in [-0.2, 0) is 22.4 Å². The van der Waals surface area contributed by atoms with Crippen LogP contribution in [0.25, 0.3) is 0 Å². The van der Waals surface area contributed by atoms with Gasteiger partial charge in [0.25, 0.3) is 8.05 Å². The molecule has 0 saturated carbocycles. The number of nitrogens with two attached hydrogens (primary N) is 2. The third-order valence-corrected chi connectivity index (χ3v) is 3.32. The van der Waals surface area contributed by atoms with Crippen LogP contribution >= 0.6 is 0 Å². The molecule has 0 heterocycles. The molecule has 0 fully saturated rings. The summed E-state index contributed by atoms with van der Waals surface area (Å²) in [5.74, 6) is -1.82. The van der Waals surface area contributed by atoms with Crippen LogP contribution in [0.3, 0.4) is 0 Å². The summed E-state index contributed by atoms with van der Waals surface area (Å²) < 4.78 is 0. The van der Waals surface area contributed by atoms with Gasteiger partial charge in [-0.1, -0.05) is 62.7 Å². The highest BCUT2D eigenvalue weighted by molar-refractivity contribution is 5.95. The first-order valence-electron chi connectivity index (χ1n) is 9.25. The van der Waals surface area contributed by atoms with E-state index in [2.05, 4.69) is 21.9 Å². The number of phenols is 1. The van der Waals surface area contributed by atoms with Crippen molar-refractivity contribution in [1.82, 2.24) is 0 Å². The predicted octanol–water partition coefficient (Wildman–Crippen LogP) is 1.47. The van der Waals surface area contributed by atoms with Crippen molar-refractivity contribution in [1.29, 1.82) is 0 Å². The average Bonchev–Trinajstić information content (AvgIpc) is 2.73. The molecule has 30 heavy (non-hydrogen) atoms. The molecule has 2 aromatic carbocycles. The molecular weight excluding hydrogens is 387 g/mol. The second-order valence-electron chi connectivity index (χ2n) is 6.16. The fourth-order valence-corrected chi connectivity index (χ4v) is 1.93. The van der Waals surface area contributed by atoms with Crippen molar-refractivity contribution in [3.05, 3.63) is 65.7 Å². The Bertz CT molecular complexity index is 698. The van der Waals surface area contributed by atoms with Crippen LogP contribution in [0.5, 0.6) is 5.75 Å². The fourth-order valence-electron chi connectivity index (χ4n) is 1.93. The maximum absolute atomic E-state index is 10.4. The summed E-state index contributed by atoms with van der Waals surface area (Å²) in [5.41, 5.74) is 12.4. The van der Waals surface area contributed by atoms with E-state index in [1.54, 1.807) is 12.1 Å². The van der Waals surface area contributed by atoms with Crippen molar-refractivity contribution in [3.63, 3.8) is 0 Å². The number of carbonyl (C=O) groups is 2. The van der Waals surface area contributed by atoms with E-state index in [1.165, 1.54) is 18.6 Å². The third-order valence-electron chi connectivity index (χ3n) is 3.32. The number of aromatic hydroxyl groups is 1. The Hall–Kier alpha value is -2.88. The van der Waals surface area contributed by atoms with E-state index in [-0.39, 0.29) is 12.2 Å². The van der Waals surface area contributed by atoms with Gasteiger partial charge in [-0.3, -0.25) is 9.59 Å². The number of carboxylic acid groups (broad SMARTS) is 2. The van der Waals surface area contributed by atoms with Gasteiger partial charge < -0.3 is 31.8 Å². The lowest BCUT2D eigenvalue weighted by molar-refractivity contribution is -0.139. The van der Waals surface area contributed by atoms with E-state index < -0.39 is 24.0 Å². The van der Waals surface area contributed by atoms with Crippen LogP contribution in [0.1, 0.15) is 31.4 Å². The predicted molar refractivity (Wildman–Crippen MR) is 117 cm³/mol. The summed E-state index contributed by atoms with van der Waals surface area (Å²) in [7, 11) is 3.50. The summed E-state index contributed by atoms with van der Waals surface area (Å²) in [4.78, 5) is 20.8. The van der Waals surface area contributed by atoms with Crippen LogP contribution in [-0.4, -0.2) is 52.4 Å². The van der Waals surface area contributed by atoms with E-state index in [0.29, 0.717) is 6.42 Å². The molecule has 0 spiro atoms. The lowest BCUT2D eigenvalue weighted by atomic mass is 10.1. The van der Waals surface area contributed by atoms with Crippen LogP contribution in [0.4, 0.5) is 0 Å². The summed E-state index contributed by atoms with van der Waals surface area (Å²) in [6.45, 7) is 4.25. The molecule has 9 heteroatoms. The Balaban J connectivity index is 0. The topological polar surface area (TPSA) is 167 Å². The van der Waals surface area contributed by atoms with Gasteiger partial charge in [0.15, 0.2) is 0 Å². The fraction of sp³-hybridized carbons (Fsp3) is 0.333. The molecule has 0 saturated heterocycles. The van der Waals surface area contributed by atoms with Crippen molar-refractivity contribution >= 4 is 20.0 Å². The number of aliphatic carboxylic acids is 2. The molecule has 0 bridgehead atoms. The molecule has 164 valence electrons. The molecule has 2 aromatic rings. The van der Waals surface area contributed by atoms with Gasteiger partial charge in [-0.25, -0.2) is 0 Å². The smallest absolute Gasteiger partial charge is 0.320 e. The van der Waals surface area contributed by atoms with E-state index in [4.69, 9.17) is 31.8 Å². The molecule has 0 aliphatic rings. The largest absolute Gasteiger partial charge is 0.508 e. The van der Waals surface area contributed by atoms with E-state index >= 15 is 0 Å². The van der Waals surface area contributed by atoms with Gasteiger partial charge >= 0.3 is 11.9 Å². The molecule has 0 unspecified atom stereocenters. The highest BCUT2D eigenvalue weighted by atomic mass is 16.4. The Labute approximate surface area is 178 Å². The average molecular weight is 418 g/mol. The van der Waals surface area contributed by atoms with Crippen LogP contribution in [0.15, 0.2) is 54.6 Å². The highest BCUT2D eigenvalue weighted by Crippen LogP contribution is 2.10. The molecule has 2 atom stereocenters. The molecule has 0 aliphatic carbocycles.